The van der Waals surface area contributed by atoms with E-state index < -0.39 is 28.3 Å². The maximum Gasteiger partial charge on any atom is 0.338 e. The molecule has 28 heavy (non-hydrogen) atoms. The van der Waals surface area contributed by atoms with Gasteiger partial charge in [0, 0.05) is 18.2 Å². The Hall–Kier alpha value is -2.29. The van der Waals surface area contributed by atoms with Crippen LogP contribution in [0, 0.1) is 0 Å². The van der Waals surface area contributed by atoms with Crippen molar-refractivity contribution >= 4 is 21.7 Å². The maximum absolute atomic E-state index is 12.7. The summed E-state index contributed by atoms with van der Waals surface area (Å²) in [4.78, 5) is 26.6. The summed E-state index contributed by atoms with van der Waals surface area (Å²) >= 11 is 0. The van der Waals surface area contributed by atoms with Crippen molar-refractivity contribution in [2.24, 2.45) is 0 Å². The van der Waals surface area contributed by atoms with Gasteiger partial charge < -0.3 is 19.1 Å². The first kappa shape index (κ1) is 22.0. The molecule has 1 amide bonds. The molecule has 1 aromatic rings. The Labute approximate surface area is 165 Å². The van der Waals surface area contributed by atoms with Crippen molar-refractivity contribution in [3.63, 3.8) is 0 Å². The van der Waals surface area contributed by atoms with Crippen LogP contribution in [0.5, 0.6) is 11.5 Å². The summed E-state index contributed by atoms with van der Waals surface area (Å²) < 4.78 is 39.0. The predicted molar refractivity (Wildman–Crippen MR) is 103 cm³/mol. The van der Waals surface area contributed by atoms with E-state index in [0.29, 0.717) is 24.3 Å². The fourth-order valence-electron chi connectivity index (χ4n) is 3.21. The van der Waals surface area contributed by atoms with Crippen molar-refractivity contribution in [1.29, 1.82) is 0 Å². The molecular weight excluding hydrogens is 386 g/mol. The normalized spacial score (nSPS) is 18.9. The van der Waals surface area contributed by atoms with Crippen molar-refractivity contribution in [3.05, 3.63) is 23.8 Å². The van der Waals surface area contributed by atoms with Crippen molar-refractivity contribution < 1.29 is 32.2 Å². The van der Waals surface area contributed by atoms with Crippen molar-refractivity contribution in [3.8, 4) is 11.5 Å². The molecule has 1 saturated heterocycles. The van der Waals surface area contributed by atoms with Gasteiger partial charge in [-0.2, -0.15) is 0 Å². The van der Waals surface area contributed by atoms with E-state index in [4.69, 9.17) is 14.2 Å². The zero-order valence-electron chi connectivity index (χ0n) is 16.6. The minimum Gasteiger partial charge on any atom is -0.497 e. The average molecular weight is 413 g/mol. The lowest BCUT2D eigenvalue weighted by molar-refractivity contribution is -0.138. The maximum atomic E-state index is 12.7. The molecule has 0 radical (unpaired) electrons. The summed E-state index contributed by atoms with van der Waals surface area (Å²) in [5.41, 5.74) is 0.197. The summed E-state index contributed by atoms with van der Waals surface area (Å²) in [6.07, 6.45) is 1.07. The second kappa shape index (κ2) is 9.27. The summed E-state index contributed by atoms with van der Waals surface area (Å²) in [5.74, 6) is -0.218. The van der Waals surface area contributed by atoms with Gasteiger partial charge in [0.05, 0.1) is 31.3 Å². The van der Waals surface area contributed by atoms with Crippen molar-refractivity contribution in [2.75, 3.05) is 32.3 Å². The SMILES string of the molecule is CC[C@@H](C)N(C(=O)COC(=O)c1cc(OC)cc(OC)c1)[C@@H]1CCS(=O)(=O)C1. The summed E-state index contributed by atoms with van der Waals surface area (Å²) in [7, 11) is -0.204. The molecule has 0 saturated carbocycles. The number of hydrogen-bond acceptors (Lipinski definition) is 7. The van der Waals surface area contributed by atoms with Gasteiger partial charge in [0.25, 0.3) is 5.91 Å². The van der Waals surface area contributed by atoms with E-state index in [0.717, 1.165) is 0 Å². The van der Waals surface area contributed by atoms with Crippen LogP contribution in [0.3, 0.4) is 0 Å². The Balaban J connectivity index is 2.09. The van der Waals surface area contributed by atoms with Crippen LogP contribution in [0.2, 0.25) is 0 Å². The van der Waals surface area contributed by atoms with Crippen LogP contribution in [0.15, 0.2) is 18.2 Å². The number of nitrogens with zero attached hydrogens (tertiary/aromatic N) is 1. The van der Waals surface area contributed by atoms with Gasteiger partial charge in [0.1, 0.15) is 11.5 Å². The molecule has 0 N–H and O–H groups in total. The lowest BCUT2D eigenvalue weighted by atomic mass is 10.1. The molecule has 2 atom stereocenters. The molecule has 0 spiro atoms. The first-order valence-electron chi connectivity index (χ1n) is 9.12. The van der Waals surface area contributed by atoms with Crippen molar-refractivity contribution in [2.45, 2.75) is 38.8 Å². The number of hydrogen-bond donors (Lipinski definition) is 0. The van der Waals surface area contributed by atoms with Gasteiger partial charge in [0.15, 0.2) is 16.4 Å². The molecule has 1 aliphatic heterocycles. The van der Waals surface area contributed by atoms with Gasteiger partial charge in [-0.3, -0.25) is 4.79 Å². The number of ether oxygens (including phenoxy) is 3. The highest BCUT2D eigenvalue weighted by atomic mass is 32.2. The van der Waals surface area contributed by atoms with E-state index in [1.807, 2.05) is 13.8 Å². The first-order valence-corrected chi connectivity index (χ1v) is 10.9. The van der Waals surface area contributed by atoms with Crippen LogP contribution in [0.4, 0.5) is 0 Å². The van der Waals surface area contributed by atoms with Crippen LogP contribution >= 0.6 is 0 Å². The number of methoxy groups -OCH3 is 2. The highest BCUT2D eigenvalue weighted by Gasteiger charge is 2.36. The first-order chi connectivity index (χ1) is 13.2. The molecule has 1 aromatic carbocycles. The Morgan fingerprint density at radius 1 is 1.18 bits per heavy atom. The van der Waals surface area contributed by atoms with Gasteiger partial charge in [-0.1, -0.05) is 6.92 Å². The molecule has 2 rings (SSSR count). The van der Waals surface area contributed by atoms with E-state index >= 15 is 0 Å². The van der Waals surface area contributed by atoms with E-state index in [-0.39, 0.29) is 29.2 Å². The third-order valence-corrected chi connectivity index (χ3v) is 6.62. The molecule has 1 aliphatic rings. The lowest BCUT2D eigenvalue weighted by Crippen LogP contribution is -2.48. The fraction of sp³-hybridized carbons (Fsp3) is 0.579. The zero-order valence-corrected chi connectivity index (χ0v) is 17.5. The predicted octanol–water partition coefficient (Wildman–Crippen LogP) is 1.67. The van der Waals surface area contributed by atoms with Gasteiger partial charge >= 0.3 is 5.97 Å². The number of esters is 1. The number of benzene rings is 1. The Kier molecular flexibility index (Phi) is 7.29. The highest BCUT2D eigenvalue weighted by Crippen LogP contribution is 2.24. The largest absolute Gasteiger partial charge is 0.497 e. The quantitative estimate of drug-likeness (QED) is 0.598. The van der Waals surface area contributed by atoms with E-state index in [1.165, 1.54) is 26.4 Å². The standard InChI is InChI=1S/C19H27NO7S/c1-5-13(2)20(15-6-7-28(23,24)12-15)18(21)11-27-19(22)14-8-16(25-3)10-17(9-14)26-4/h8-10,13,15H,5-7,11-12H2,1-4H3/t13-,15-/m1/s1. The molecule has 0 unspecified atom stereocenters. The van der Waals surface area contributed by atoms with Gasteiger partial charge in [-0.15, -0.1) is 0 Å². The molecule has 8 nitrogen and oxygen atoms in total. The smallest absolute Gasteiger partial charge is 0.338 e. The minimum atomic E-state index is -3.13. The Morgan fingerprint density at radius 3 is 2.25 bits per heavy atom. The van der Waals surface area contributed by atoms with Crippen molar-refractivity contribution in [1.82, 2.24) is 4.90 Å². The number of rotatable bonds is 8. The summed E-state index contributed by atoms with van der Waals surface area (Å²) in [6, 6.07) is 4.06. The van der Waals surface area contributed by atoms with Crippen LogP contribution in [0.1, 0.15) is 37.0 Å². The Morgan fingerprint density at radius 2 is 1.79 bits per heavy atom. The number of carbonyl (C=O) groups is 2. The zero-order chi connectivity index (χ0) is 20.9. The van der Waals surface area contributed by atoms with Crippen LogP contribution < -0.4 is 9.47 Å². The van der Waals surface area contributed by atoms with Gasteiger partial charge in [-0.05, 0) is 31.9 Å². The van der Waals surface area contributed by atoms with E-state index in [9.17, 15) is 18.0 Å². The second-order valence-corrected chi connectivity index (χ2v) is 9.02. The molecule has 156 valence electrons. The van der Waals surface area contributed by atoms with Gasteiger partial charge in [-0.25, -0.2) is 13.2 Å². The van der Waals surface area contributed by atoms with Crippen LogP contribution in [0.25, 0.3) is 0 Å². The monoisotopic (exact) mass is 413 g/mol. The summed E-state index contributed by atoms with van der Waals surface area (Å²) in [6.45, 7) is 3.32. The Bertz CT molecular complexity index is 799. The van der Waals surface area contributed by atoms with Crippen LogP contribution in [-0.4, -0.2) is 69.6 Å². The van der Waals surface area contributed by atoms with E-state index in [1.54, 1.807) is 11.0 Å². The molecule has 0 aromatic heterocycles. The summed E-state index contributed by atoms with van der Waals surface area (Å²) in [5, 5.41) is 0. The number of carbonyl (C=O) groups excluding carboxylic acids is 2. The second-order valence-electron chi connectivity index (χ2n) is 6.79. The highest BCUT2D eigenvalue weighted by molar-refractivity contribution is 7.91. The molecule has 0 bridgehead atoms. The topological polar surface area (TPSA) is 99.2 Å². The molecule has 1 fully saturated rings. The van der Waals surface area contributed by atoms with Gasteiger partial charge in [0.2, 0.25) is 0 Å². The molecule has 1 heterocycles. The third-order valence-electron chi connectivity index (χ3n) is 4.87. The van der Waals surface area contributed by atoms with E-state index in [2.05, 4.69) is 0 Å². The number of sulfone groups is 1. The average Bonchev–Trinajstić information content (AvgIpc) is 3.04. The molecule has 0 aliphatic carbocycles. The molecule has 9 heteroatoms. The lowest BCUT2D eigenvalue weighted by Gasteiger charge is -2.33. The minimum absolute atomic E-state index is 0.0515. The third kappa shape index (κ3) is 5.37. The fourth-order valence-corrected chi connectivity index (χ4v) is 4.92. The number of amides is 1. The molecular formula is C19H27NO7S. The van der Waals surface area contributed by atoms with Crippen LogP contribution in [-0.2, 0) is 19.4 Å².